The highest BCUT2D eigenvalue weighted by Gasteiger charge is 2.33. The Morgan fingerprint density at radius 2 is 1.90 bits per heavy atom. The van der Waals surface area contributed by atoms with Crippen molar-refractivity contribution in [1.29, 1.82) is 0 Å². The van der Waals surface area contributed by atoms with Crippen LogP contribution >= 0.6 is 24.0 Å². The number of carbonyl (C=O) groups is 1. The van der Waals surface area contributed by atoms with Crippen molar-refractivity contribution in [3.63, 3.8) is 0 Å². The summed E-state index contributed by atoms with van der Waals surface area (Å²) in [6, 6.07) is 9.66. The number of nitrogens with two attached hydrogens (primary N) is 1. The van der Waals surface area contributed by atoms with Gasteiger partial charge < -0.3 is 4.42 Å². The zero-order chi connectivity index (χ0) is 22.6. The van der Waals surface area contributed by atoms with Gasteiger partial charge in [-0.05, 0) is 48.7 Å². The lowest BCUT2D eigenvalue weighted by atomic mass is 9.99. The lowest BCUT2D eigenvalue weighted by Crippen LogP contribution is -2.33. The second-order valence-electron chi connectivity index (χ2n) is 7.48. The minimum atomic E-state index is -3.74. The van der Waals surface area contributed by atoms with Gasteiger partial charge in [-0.15, -0.1) is 0 Å². The average Bonchev–Trinajstić information content (AvgIpc) is 3.30. The van der Waals surface area contributed by atoms with Crippen LogP contribution in [0.1, 0.15) is 45.3 Å². The molecular weight excluding hydrogens is 452 g/mol. The highest BCUT2D eigenvalue weighted by Crippen LogP contribution is 2.35. The number of rotatable bonds is 9. The second-order valence-corrected chi connectivity index (χ2v) is 10.7. The maximum atomic E-state index is 12.9. The molecular formula is C22H26N2O4S3. The van der Waals surface area contributed by atoms with Crippen LogP contribution < -0.4 is 5.14 Å². The van der Waals surface area contributed by atoms with Crippen LogP contribution in [-0.2, 0) is 14.8 Å². The standard InChI is InChI=1S/C22H26N2O4S3/c1-3-5-6-15(4-2)14-24-21(25)20(30-22(24)29)13-17-9-12-19(28-17)16-7-10-18(11-8-16)31(23,26)27/h7-13,15H,3-6,14H2,1-2H3,(H2,23,26,27)/b20-13+/t15-/m0/s1. The number of primary sulfonamides is 1. The fourth-order valence-electron chi connectivity index (χ4n) is 3.36. The normalized spacial score (nSPS) is 17.0. The molecule has 1 saturated heterocycles. The molecule has 1 aromatic heterocycles. The van der Waals surface area contributed by atoms with Crippen LogP contribution in [0, 0.1) is 5.92 Å². The van der Waals surface area contributed by atoms with E-state index < -0.39 is 10.0 Å². The lowest BCUT2D eigenvalue weighted by molar-refractivity contribution is -0.122. The van der Waals surface area contributed by atoms with Crippen LogP contribution in [0.15, 0.2) is 50.6 Å². The first kappa shape index (κ1) is 23.7. The number of unbranched alkanes of at least 4 members (excludes halogenated alkanes) is 1. The third kappa shape index (κ3) is 5.85. The molecule has 9 heteroatoms. The molecule has 0 spiro atoms. The number of benzene rings is 1. The van der Waals surface area contributed by atoms with E-state index in [0.717, 1.165) is 25.7 Å². The summed E-state index contributed by atoms with van der Waals surface area (Å²) in [5, 5.41) is 5.13. The summed E-state index contributed by atoms with van der Waals surface area (Å²) in [6.07, 6.45) is 6.10. The van der Waals surface area contributed by atoms with Crippen molar-refractivity contribution in [2.75, 3.05) is 6.54 Å². The van der Waals surface area contributed by atoms with E-state index >= 15 is 0 Å². The van der Waals surface area contributed by atoms with Crippen molar-refractivity contribution in [2.24, 2.45) is 11.1 Å². The van der Waals surface area contributed by atoms with Crippen molar-refractivity contribution >= 4 is 50.3 Å². The van der Waals surface area contributed by atoms with Gasteiger partial charge in [0.2, 0.25) is 10.0 Å². The van der Waals surface area contributed by atoms with Gasteiger partial charge in [0.05, 0.1) is 9.80 Å². The Balaban J connectivity index is 1.73. The number of hydrogen-bond acceptors (Lipinski definition) is 6. The minimum Gasteiger partial charge on any atom is -0.457 e. The van der Waals surface area contributed by atoms with Crippen molar-refractivity contribution in [3.8, 4) is 11.3 Å². The molecule has 1 atom stereocenters. The van der Waals surface area contributed by atoms with E-state index in [1.165, 1.54) is 23.9 Å². The van der Waals surface area contributed by atoms with Gasteiger partial charge in [-0.25, -0.2) is 13.6 Å². The molecule has 1 fully saturated rings. The van der Waals surface area contributed by atoms with Crippen molar-refractivity contribution in [3.05, 3.63) is 47.1 Å². The molecule has 3 rings (SSSR count). The Morgan fingerprint density at radius 3 is 2.52 bits per heavy atom. The Bertz CT molecular complexity index is 1090. The average molecular weight is 479 g/mol. The summed E-state index contributed by atoms with van der Waals surface area (Å²) in [7, 11) is -3.74. The first-order chi connectivity index (χ1) is 14.7. The third-order valence-electron chi connectivity index (χ3n) is 5.23. The number of sulfonamides is 1. The Kier molecular flexibility index (Phi) is 7.74. The first-order valence-corrected chi connectivity index (χ1v) is 13.0. The topological polar surface area (TPSA) is 93.6 Å². The van der Waals surface area contributed by atoms with Gasteiger partial charge in [0.1, 0.15) is 15.8 Å². The number of hydrogen-bond donors (Lipinski definition) is 1. The van der Waals surface area contributed by atoms with Crippen LogP contribution in [0.2, 0.25) is 0 Å². The van der Waals surface area contributed by atoms with Crippen LogP contribution in [0.3, 0.4) is 0 Å². The maximum absolute atomic E-state index is 12.9. The molecule has 1 amide bonds. The SMILES string of the molecule is CCCC[C@H](CC)CN1C(=O)/C(=C\c2ccc(-c3ccc(S(N)(=O)=O)cc3)o2)SC1=S. The van der Waals surface area contributed by atoms with Crippen LogP contribution in [-0.4, -0.2) is 30.1 Å². The third-order valence-corrected chi connectivity index (χ3v) is 7.53. The number of amides is 1. The first-order valence-electron chi connectivity index (χ1n) is 10.2. The molecule has 1 aromatic carbocycles. The van der Waals surface area contributed by atoms with E-state index in [4.69, 9.17) is 21.8 Å². The van der Waals surface area contributed by atoms with Gasteiger partial charge in [-0.2, -0.15) is 0 Å². The molecule has 0 aliphatic carbocycles. The minimum absolute atomic E-state index is 0.0380. The Morgan fingerprint density at radius 1 is 1.19 bits per heavy atom. The highest BCUT2D eigenvalue weighted by atomic mass is 32.2. The summed E-state index contributed by atoms with van der Waals surface area (Å²) in [5.41, 5.74) is 0.710. The number of carbonyl (C=O) groups excluding carboxylic acids is 1. The molecule has 0 radical (unpaired) electrons. The maximum Gasteiger partial charge on any atom is 0.266 e. The van der Waals surface area contributed by atoms with Gasteiger partial charge in [-0.3, -0.25) is 9.69 Å². The molecule has 1 aliphatic rings. The summed E-state index contributed by atoms with van der Waals surface area (Å²) < 4.78 is 29.2. The fraction of sp³-hybridized carbons (Fsp3) is 0.364. The lowest BCUT2D eigenvalue weighted by Gasteiger charge is -2.21. The molecule has 6 nitrogen and oxygen atoms in total. The van der Waals surface area contributed by atoms with Crippen LogP contribution in [0.25, 0.3) is 17.4 Å². The molecule has 31 heavy (non-hydrogen) atoms. The highest BCUT2D eigenvalue weighted by molar-refractivity contribution is 8.26. The van der Waals surface area contributed by atoms with E-state index in [1.54, 1.807) is 35.2 Å². The summed E-state index contributed by atoms with van der Waals surface area (Å²) in [4.78, 5) is 15.2. The zero-order valence-corrected chi connectivity index (χ0v) is 20.0. The van der Waals surface area contributed by atoms with Gasteiger partial charge >= 0.3 is 0 Å². The van der Waals surface area contributed by atoms with Crippen LogP contribution in [0.5, 0.6) is 0 Å². The molecule has 0 unspecified atom stereocenters. The predicted octanol–water partition coefficient (Wildman–Crippen LogP) is 5.01. The monoisotopic (exact) mass is 478 g/mol. The predicted molar refractivity (Wildman–Crippen MR) is 129 cm³/mol. The van der Waals surface area contributed by atoms with Gasteiger partial charge in [0, 0.05) is 18.2 Å². The van der Waals surface area contributed by atoms with E-state index in [-0.39, 0.29) is 10.8 Å². The molecule has 166 valence electrons. The van der Waals surface area contributed by atoms with E-state index in [2.05, 4.69) is 13.8 Å². The van der Waals surface area contributed by atoms with Crippen molar-refractivity contribution in [2.45, 2.75) is 44.4 Å². The van der Waals surface area contributed by atoms with Gasteiger partial charge in [0.25, 0.3) is 5.91 Å². The summed E-state index contributed by atoms with van der Waals surface area (Å²) in [6.45, 7) is 4.97. The molecule has 1 aliphatic heterocycles. The van der Waals surface area contributed by atoms with E-state index in [9.17, 15) is 13.2 Å². The summed E-state index contributed by atoms with van der Waals surface area (Å²) in [5.74, 6) is 1.45. The molecule has 0 saturated carbocycles. The van der Waals surface area contributed by atoms with Crippen LogP contribution in [0.4, 0.5) is 0 Å². The van der Waals surface area contributed by atoms with E-state index in [0.29, 0.717) is 38.8 Å². The smallest absolute Gasteiger partial charge is 0.266 e. The van der Waals surface area contributed by atoms with Gasteiger partial charge in [0.15, 0.2) is 0 Å². The van der Waals surface area contributed by atoms with Crippen molar-refractivity contribution < 1.29 is 17.6 Å². The molecule has 2 aromatic rings. The molecule has 2 N–H and O–H groups in total. The number of thiocarbonyl (C=S) groups is 1. The largest absolute Gasteiger partial charge is 0.457 e. The number of furan rings is 1. The zero-order valence-electron chi connectivity index (χ0n) is 17.5. The fourth-order valence-corrected chi connectivity index (χ4v) is 5.13. The van der Waals surface area contributed by atoms with Gasteiger partial charge in [-0.1, -0.05) is 57.1 Å². The number of nitrogens with zero attached hydrogens (tertiary/aromatic N) is 1. The summed E-state index contributed by atoms with van der Waals surface area (Å²) >= 11 is 6.74. The molecule has 0 bridgehead atoms. The van der Waals surface area contributed by atoms with Crippen molar-refractivity contribution in [1.82, 2.24) is 4.90 Å². The van der Waals surface area contributed by atoms with E-state index in [1.807, 2.05) is 0 Å². The second kappa shape index (κ2) is 10.1. The number of thioether (sulfide) groups is 1. The Labute approximate surface area is 192 Å². The molecule has 2 heterocycles. The Hall–Kier alpha value is -1.94. The quantitative estimate of drug-likeness (QED) is 0.402.